The molecule has 2 rings (SSSR count). The van der Waals surface area contributed by atoms with E-state index in [-0.39, 0.29) is 5.91 Å². The standard InChI is InChI=1S/C9H14N4O/c14-9(5-8-6-11-7-12-8)13-3-1-10-2-4-13/h6-7,10H,1-5H2,(H,11,12). The van der Waals surface area contributed by atoms with Gasteiger partial charge in [-0.15, -0.1) is 0 Å². The fourth-order valence-electron chi connectivity index (χ4n) is 1.57. The number of aromatic nitrogens is 2. The Kier molecular flexibility index (Phi) is 2.78. The summed E-state index contributed by atoms with van der Waals surface area (Å²) in [5.74, 6) is 0.177. The molecule has 1 aromatic rings. The second kappa shape index (κ2) is 4.23. The summed E-state index contributed by atoms with van der Waals surface area (Å²) in [4.78, 5) is 20.4. The summed E-state index contributed by atoms with van der Waals surface area (Å²) in [6.45, 7) is 3.42. The lowest BCUT2D eigenvalue weighted by Crippen LogP contribution is -2.46. The van der Waals surface area contributed by atoms with E-state index in [1.54, 1.807) is 12.5 Å². The van der Waals surface area contributed by atoms with Gasteiger partial charge in [-0.05, 0) is 0 Å². The summed E-state index contributed by atoms with van der Waals surface area (Å²) < 4.78 is 0. The number of imidazole rings is 1. The Hall–Kier alpha value is -1.36. The van der Waals surface area contributed by atoms with E-state index in [1.807, 2.05) is 4.90 Å². The summed E-state index contributed by atoms with van der Waals surface area (Å²) in [7, 11) is 0. The zero-order valence-corrected chi connectivity index (χ0v) is 7.99. The molecule has 0 aromatic carbocycles. The molecule has 2 heterocycles. The molecule has 1 aliphatic heterocycles. The highest BCUT2D eigenvalue weighted by atomic mass is 16.2. The molecule has 0 atom stereocenters. The number of carbonyl (C=O) groups excluding carboxylic acids is 1. The molecule has 1 aromatic heterocycles. The number of H-pyrrole nitrogens is 1. The minimum Gasteiger partial charge on any atom is -0.348 e. The van der Waals surface area contributed by atoms with Crippen molar-refractivity contribution in [2.24, 2.45) is 0 Å². The minimum absolute atomic E-state index is 0.177. The molecule has 5 nitrogen and oxygen atoms in total. The van der Waals surface area contributed by atoms with Crippen molar-refractivity contribution in [1.82, 2.24) is 20.2 Å². The third kappa shape index (κ3) is 2.11. The van der Waals surface area contributed by atoms with E-state index >= 15 is 0 Å². The van der Waals surface area contributed by atoms with Crippen molar-refractivity contribution >= 4 is 5.91 Å². The average molecular weight is 194 g/mol. The predicted octanol–water partition coefficient (Wildman–Crippen LogP) is -0.616. The molecular weight excluding hydrogens is 180 g/mol. The number of amides is 1. The van der Waals surface area contributed by atoms with E-state index < -0.39 is 0 Å². The molecule has 1 aliphatic rings. The molecule has 0 spiro atoms. The second-order valence-electron chi connectivity index (χ2n) is 3.38. The van der Waals surface area contributed by atoms with Crippen LogP contribution in [0.1, 0.15) is 5.69 Å². The van der Waals surface area contributed by atoms with Gasteiger partial charge in [0.2, 0.25) is 5.91 Å². The van der Waals surface area contributed by atoms with Crippen LogP contribution < -0.4 is 5.32 Å². The van der Waals surface area contributed by atoms with E-state index in [1.165, 1.54) is 0 Å². The number of nitrogens with zero attached hydrogens (tertiary/aromatic N) is 2. The average Bonchev–Trinajstić information content (AvgIpc) is 2.72. The highest BCUT2D eigenvalue weighted by Crippen LogP contribution is 1.99. The molecule has 1 fully saturated rings. The maximum absolute atomic E-state index is 11.7. The van der Waals surface area contributed by atoms with Crippen LogP contribution in [0, 0.1) is 0 Å². The van der Waals surface area contributed by atoms with E-state index in [4.69, 9.17) is 0 Å². The summed E-state index contributed by atoms with van der Waals surface area (Å²) in [6.07, 6.45) is 3.72. The van der Waals surface area contributed by atoms with Crippen molar-refractivity contribution in [2.45, 2.75) is 6.42 Å². The van der Waals surface area contributed by atoms with Gasteiger partial charge < -0.3 is 15.2 Å². The maximum Gasteiger partial charge on any atom is 0.228 e. The number of hydrogen-bond acceptors (Lipinski definition) is 3. The van der Waals surface area contributed by atoms with Crippen LogP contribution in [0.5, 0.6) is 0 Å². The topological polar surface area (TPSA) is 61.0 Å². The molecular formula is C9H14N4O. The Balaban J connectivity index is 1.88. The molecule has 0 aliphatic carbocycles. The highest BCUT2D eigenvalue weighted by molar-refractivity contribution is 5.78. The van der Waals surface area contributed by atoms with Crippen LogP contribution in [0.2, 0.25) is 0 Å². The van der Waals surface area contributed by atoms with Crippen LogP contribution in [0.4, 0.5) is 0 Å². The number of rotatable bonds is 2. The SMILES string of the molecule is O=C(Cc1cnc[nH]1)N1CCNCC1. The quantitative estimate of drug-likeness (QED) is 0.660. The van der Waals surface area contributed by atoms with Gasteiger partial charge in [0.25, 0.3) is 0 Å². The lowest BCUT2D eigenvalue weighted by atomic mass is 10.2. The Morgan fingerprint density at radius 3 is 2.93 bits per heavy atom. The van der Waals surface area contributed by atoms with Crippen molar-refractivity contribution in [3.05, 3.63) is 18.2 Å². The number of aromatic amines is 1. The largest absolute Gasteiger partial charge is 0.348 e. The van der Waals surface area contributed by atoms with Crippen LogP contribution in [0.25, 0.3) is 0 Å². The van der Waals surface area contributed by atoms with E-state index in [2.05, 4.69) is 15.3 Å². The molecule has 1 amide bonds. The Morgan fingerprint density at radius 2 is 2.29 bits per heavy atom. The normalized spacial score (nSPS) is 17.0. The highest BCUT2D eigenvalue weighted by Gasteiger charge is 2.16. The fourth-order valence-corrected chi connectivity index (χ4v) is 1.57. The molecule has 2 N–H and O–H groups in total. The van der Waals surface area contributed by atoms with Gasteiger partial charge in [0.1, 0.15) is 0 Å². The molecule has 5 heteroatoms. The van der Waals surface area contributed by atoms with Crippen molar-refractivity contribution in [3.63, 3.8) is 0 Å². The first-order valence-corrected chi connectivity index (χ1v) is 4.82. The smallest absolute Gasteiger partial charge is 0.228 e. The predicted molar refractivity (Wildman–Crippen MR) is 51.7 cm³/mol. The molecule has 0 bridgehead atoms. The molecule has 1 saturated heterocycles. The van der Waals surface area contributed by atoms with Gasteiger partial charge in [-0.2, -0.15) is 0 Å². The Labute approximate surface area is 82.5 Å². The van der Waals surface area contributed by atoms with Crippen molar-refractivity contribution < 1.29 is 4.79 Å². The molecule has 14 heavy (non-hydrogen) atoms. The van der Waals surface area contributed by atoms with Gasteiger partial charge in [0, 0.05) is 38.1 Å². The molecule has 0 saturated carbocycles. The second-order valence-corrected chi connectivity index (χ2v) is 3.38. The summed E-state index contributed by atoms with van der Waals surface area (Å²) in [5, 5.41) is 3.21. The van der Waals surface area contributed by atoms with Crippen molar-refractivity contribution in [1.29, 1.82) is 0 Å². The van der Waals surface area contributed by atoms with Crippen molar-refractivity contribution in [2.75, 3.05) is 26.2 Å². The van der Waals surface area contributed by atoms with Gasteiger partial charge in [-0.25, -0.2) is 4.98 Å². The summed E-state index contributed by atoms with van der Waals surface area (Å²) >= 11 is 0. The van der Waals surface area contributed by atoms with E-state index in [0.29, 0.717) is 6.42 Å². The summed E-state index contributed by atoms with van der Waals surface area (Å²) in [6, 6.07) is 0. The van der Waals surface area contributed by atoms with Crippen molar-refractivity contribution in [3.8, 4) is 0 Å². The number of piperazine rings is 1. The third-order valence-electron chi connectivity index (χ3n) is 2.37. The van der Waals surface area contributed by atoms with E-state index in [0.717, 1.165) is 31.9 Å². The molecule has 0 unspecified atom stereocenters. The zero-order valence-electron chi connectivity index (χ0n) is 7.99. The first-order valence-electron chi connectivity index (χ1n) is 4.82. The lowest BCUT2D eigenvalue weighted by molar-refractivity contribution is -0.131. The minimum atomic E-state index is 0.177. The monoisotopic (exact) mass is 194 g/mol. The Bertz CT molecular complexity index is 290. The van der Waals surface area contributed by atoms with Gasteiger partial charge in [0.05, 0.1) is 12.7 Å². The zero-order chi connectivity index (χ0) is 9.80. The fraction of sp³-hybridized carbons (Fsp3) is 0.556. The van der Waals surface area contributed by atoms with Gasteiger partial charge in [0.15, 0.2) is 0 Å². The Morgan fingerprint density at radius 1 is 1.50 bits per heavy atom. The first kappa shape index (κ1) is 9.21. The van der Waals surface area contributed by atoms with Crippen LogP contribution in [0.15, 0.2) is 12.5 Å². The van der Waals surface area contributed by atoms with Crippen LogP contribution in [-0.2, 0) is 11.2 Å². The summed E-state index contributed by atoms with van der Waals surface area (Å²) in [5.41, 5.74) is 0.883. The number of hydrogen-bond donors (Lipinski definition) is 2. The van der Waals surface area contributed by atoms with Crippen LogP contribution in [-0.4, -0.2) is 47.0 Å². The molecule has 76 valence electrons. The van der Waals surface area contributed by atoms with Crippen LogP contribution >= 0.6 is 0 Å². The first-order chi connectivity index (χ1) is 6.86. The third-order valence-corrected chi connectivity index (χ3v) is 2.37. The number of nitrogens with one attached hydrogen (secondary N) is 2. The number of carbonyl (C=O) groups is 1. The van der Waals surface area contributed by atoms with Crippen LogP contribution in [0.3, 0.4) is 0 Å². The lowest BCUT2D eigenvalue weighted by Gasteiger charge is -2.27. The van der Waals surface area contributed by atoms with Gasteiger partial charge in [-0.1, -0.05) is 0 Å². The van der Waals surface area contributed by atoms with Gasteiger partial charge in [-0.3, -0.25) is 4.79 Å². The maximum atomic E-state index is 11.7. The molecule has 0 radical (unpaired) electrons. The van der Waals surface area contributed by atoms with E-state index in [9.17, 15) is 4.79 Å². The van der Waals surface area contributed by atoms with Gasteiger partial charge >= 0.3 is 0 Å².